The maximum atomic E-state index is 13.1. The van der Waals surface area contributed by atoms with Gasteiger partial charge in [0, 0.05) is 30.8 Å². The summed E-state index contributed by atoms with van der Waals surface area (Å²) in [5.41, 5.74) is 0.460. The second-order valence-corrected chi connectivity index (χ2v) is 10.6. The maximum Gasteiger partial charge on any atom is 0.309 e. The summed E-state index contributed by atoms with van der Waals surface area (Å²) in [6.07, 6.45) is 3.40. The van der Waals surface area contributed by atoms with Gasteiger partial charge in [0.25, 0.3) is 0 Å². The van der Waals surface area contributed by atoms with E-state index in [9.17, 15) is 19.8 Å². The molecular formula is C25H38N2O5S. The lowest BCUT2D eigenvalue weighted by Crippen LogP contribution is -2.46. The minimum absolute atomic E-state index is 0.150. The topological polar surface area (TPSA) is 109 Å². The molecule has 0 aliphatic carbocycles. The molecule has 0 fully saturated rings. The Bertz CT molecular complexity index is 876. The van der Waals surface area contributed by atoms with Crippen molar-refractivity contribution in [1.82, 2.24) is 10.3 Å². The lowest BCUT2D eigenvalue weighted by molar-refractivity contribution is -0.154. The molecule has 0 amide bonds. The molecule has 33 heavy (non-hydrogen) atoms. The summed E-state index contributed by atoms with van der Waals surface area (Å²) in [4.78, 5) is 30.3. The lowest BCUT2D eigenvalue weighted by Gasteiger charge is -2.34. The molecule has 0 radical (unpaired) electrons. The number of esters is 1. The number of Topliss-reactive ketones (excluding diaryl/α,β-unsaturated/α-hetero) is 1. The monoisotopic (exact) mass is 478 g/mol. The fourth-order valence-corrected chi connectivity index (χ4v) is 4.51. The van der Waals surface area contributed by atoms with Crippen molar-refractivity contribution in [3.8, 4) is 0 Å². The van der Waals surface area contributed by atoms with Crippen LogP contribution in [-0.4, -0.2) is 58.4 Å². The quantitative estimate of drug-likeness (QED) is 0.442. The van der Waals surface area contributed by atoms with Crippen LogP contribution in [0.5, 0.6) is 0 Å². The van der Waals surface area contributed by atoms with Gasteiger partial charge in [-0.1, -0.05) is 39.8 Å². The molecule has 0 spiro atoms. The molecule has 5 atom stereocenters. The summed E-state index contributed by atoms with van der Waals surface area (Å²) in [5.74, 6) is -1.68. The van der Waals surface area contributed by atoms with Crippen molar-refractivity contribution in [1.29, 1.82) is 0 Å². The van der Waals surface area contributed by atoms with E-state index in [0.29, 0.717) is 19.5 Å². The molecule has 1 aromatic heterocycles. The highest BCUT2D eigenvalue weighted by atomic mass is 32.1. The van der Waals surface area contributed by atoms with Crippen molar-refractivity contribution in [2.45, 2.75) is 72.7 Å². The Morgan fingerprint density at radius 3 is 2.61 bits per heavy atom. The van der Waals surface area contributed by atoms with E-state index < -0.39 is 35.6 Å². The van der Waals surface area contributed by atoms with Crippen LogP contribution in [0, 0.1) is 24.2 Å². The van der Waals surface area contributed by atoms with E-state index in [1.54, 1.807) is 32.1 Å². The van der Waals surface area contributed by atoms with E-state index in [1.807, 2.05) is 44.4 Å². The second kappa shape index (κ2) is 12.0. The molecule has 2 rings (SSSR count). The third kappa shape index (κ3) is 7.57. The van der Waals surface area contributed by atoms with Gasteiger partial charge in [-0.3, -0.25) is 9.59 Å². The molecule has 3 N–H and O–H groups in total. The number of thiazole rings is 1. The average Bonchev–Trinajstić information content (AvgIpc) is 3.16. The molecule has 184 valence electrons. The van der Waals surface area contributed by atoms with Gasteiger partial charge in [0.1, 0.15) is 11.9 Å². The first-order valence-corrected chi connectivity index (χ1v) is 12.4. The van der Waals surface area contributed by atoms with Crippen molar-refractivity contribution in [3.63, 3.8) is 0 Å². The van der Waals surface area contributed by atoms with Gasteiger partial charge in [-0.25, -0.2) is 4.98 Å². The van der Waals surface area contributed by atoms with Crippen molar-refractivity contribution < 1.29 is 24.5 Å². The number of carbonyl (C=O) groups is 2. The minimum atomic E-state index is -1.23. The van der Waals surface area contributed by atoms with Crippen molar-refractivity contribution in [3.05, 3.63) is 33.8 Å². The van der Waals surface area contributed by atoms with E-state index in [-0.39, 0.29) is 18.1 Å². The van der Waals surface area contributed by atoms with Crippen LogP contribution in [0.25, 0.3) is 6.08 Å². The summed E-state index contributed by atoms with van der Waals surface area (Å²) in [7, 11) is 0. The number of nitrogens with one attached hydrogen (secondary N) is 1. The van der Waals surface area contributed by atoms with E-state index in [1.165, 1.54) is 0 Å². The van der Waals surface area contributed by atoms with Gasteiger partial charge in [0.2, 0.25) is 0 Å². The molecule has 1 aliphatic heterocycles. The predicted octanol–water partition coefficient (Wildman–Crippen LogP) is 3.30. The summed E-state index contributed by atoms with van der Waals surface area (Å²) in [6.45, 7) is 11.8. The number of ketones is 1. The van der Waals surface area contributed by atoms with Crippen LogP contribution in [-0.2, 0) is 14.3 Å². The standard InChI is InChI=1S/C25H38N2O5S/c1-15(11-19-14-33-18(4)27-19)20-9-7-8-10-26-13-16(2)23(30)17(3)24(31)25(5,6)21(28)12-22(29)32-20/h7-8,11,14,16-17,20-21,23,26,28,30H,9-10,12-13H2,1-6H3/b8-7-,15-11+/t16-,17-,20?,21+,23+/m1/s1. The van der Waals surface area contributed by atoms with Crippen LogP contribution in [0.2, 0.25) is 0 Å². The van der Waals surface area contributed by atoms with Crippen LogP contribution < -0.4 is 5.32 Å². The SMILES string of the molecule is C/C(=C\c1csc(C)n1)C1C/C=C\CNC[C@@H](C)[C@H](O)[C@@H](C)C(=O)C(C)(C)[C@@H](O)CC(=O)O1. The highest BCUT2D eigenvalue weighted by Crippen LogP contribution is 2.31. The number of carbonyl (C=O) groups excluding carboxylic acids is 2. The predicted molar refractivity (Wildman–Crippen MR) is 131 cm³/mol. The molecule has 1 aromatic rings. The Balaban J connectivity index is 2.27. The van der Waals surface area contributed by atoms with E-state index in [2.05, 4.69) is 10.3 Å². The fourth-order valence-electron chi connectivity index (χ4n) is 3.94. The van der Waals surface area contributed by atoms with E-state index in [0.717, 1.165) is 16.3 Å². The van der Waals surface area contributed by atoms with Gasteiger partial charge in [-0.05, 0) is 31.4 Å². The average molecular weight is 479 g/mol. The normalized spacial score (nSPS) is 31.8. The Kier molecular flexibility index (Phi) is 9.97. The smallest absolute Gasteiger partial charge is 0.309 e. The first-order valence-electron chi connectivity index (χ1n) is 11.5. The second-order valence-electron chi connectivity index (χ2n) is 9.59. The van der Waals surface area contributed by atoms with Crippen LogP contribution in [0.3, 0.4) is 0 Å². The number of aliphatic hydroxyl groups excluding tert-OH is 2. The van der Waals surface area contributed by atoms with Crippen molar-refractivity contribution >= 4 is 29.2 Å². The zero-order valence-corrected chi connectivity index (χ0v) is 21.3. The zero-order valence-electron chi connectivity index (χ0n) is 20.5. The third-order valence-electron chi connectivity index (χ3n) is 6.38. The number of hydrogen-bond acceptors (Lipinski definition) is 8. The summed E-state index contributed by atoms with van der Waals surface area (Å²) in [6, 6.07) is 0. The highest BCUT2D eigenvalue weighted by molar-refractivity contribution is 7.09. The van der Waals surface area contributed by atoms with Crippen LogP contribution >= 0.6 is 11.3 Å². The summed E-state index contributed by atoms with van der Waals surface area (Å²) < 4.78 is 5.73. The number of ether oxygens (including phenoxy) is 1. The largest absolute Gasteiger partial charge is 0.457 e. The molecule has 0 saturated heterocycles. The number of hydrogen-bond donors (Lipinski definition) is 3. The molecular weight excluding hydrogens is 440 g/mol. The van der Waals surface area contributed by atoms with Gasteiger partial charge in [-0.2, -0.15) is 0 Å². The van der Waals surface area contributed by atoms with Gasteiger partial charge < -0.3 is 20.3 Å². The minimum Gasteiger partial charge on any atom is -0.457 e. The number of aliphatic hydroxyl groups is 2. The Hall–Kier alpha value is -1.87. The Morgan fingerprint density at radius 1 is 1.27 bits per heavy atom. The van der Waals surface area contributed by atoms with Crippen LogP contribution in [0.1, 0.15) is 58.2 Å². The Morgan fingerprint density at radius 2 is 1.97 bits per heavy atom. The zero-order chi connectivity index (χ0) is 24.8. The van der Waals surface area contributed by atoms with Crippen molar-refractivity contribution in [2.24, 2.45) is 17.3 Å². The van der Waals surface area contributed by atoms with Gasteiger partial charge >= 0.3 is 5.97 Å². The van der Waals surface area contributed by atoms with Gasteiger partial charge in [0.15, 0.2) is 0 Å². The molecule has 1 aliphatic rings. The van der Waals surface area contributed by atoms with Crippen molar-refractivity contribution in [2.75, 3.05) is 13.1 Å². The summed E-state index contributed by atoms with van der Waals surface area (Å²) >= 11 is 1.55. The third-order valence-corrected chi connectivity index (χ3v) is 7.17. The van der Waals surface area contributed by atoms with Crippen LogP contribution in [0.4, 0.5) is 0 Å². The number of rotatable bonds is 2. The lowest BCUT2D eigenvalue weighted by atomic mass is 9.73. The Labute approximate surface area is 201 Å². The van der Waals surface area contributed by atoms with E-state index >= 15 is 0 Å². The first-order chi connectivity index (χ1) is 15.4. The molecule has 8 heteroatoms. The first kappa shape index (κ1) is 27.4. The highest BCUT2D eigenvalue weighted by Gasteiger charge is 2.42. The molecule has 2 heterocycles. The fraction of sp³-hybridized carbons (Fsp3) is 0.640. The van der Waals surface area contributed by atoms with Gasteiger partial charge in [0.05, 0.1) is 34.7 Å². The van der Waals surface area contributed by atoms with Gasteiger partial charge in [-0.15, -0.1) is 11.3 Å². The molecule has 0 aromatic carbocycles. The number of cyclic esters (lactones) is 1. The molecule has 1 unspecified atom stereocenters. The molecule has 7 nitrogen and oxygen atoms in total. The molecule has 0 bridgehead atoms. The number of aromatic nitrogens is 1. The summed E-state index contributed by atoms with van der Waals surface area (Å²) in [5, 5.41) is 27.6. The molecule has 0 saturated carbocycles. The van der Waals surface area contributed by atoms with Crippen LogP contribution in [0.15, 0.2) is 23.1 Å². The number of aryl methyl sites for hydroxylation is 1. The maximum absolute atomic E-state index is 13.1. The van der Waals surface area contributed by atoms with E-state index in [4.69, 9.17) is 4.74 Å². The number of nitrogens with zero attached hydrogens (tertiary/aromatic N) is 1.